The van der Waals surface area contributed by atoms with Crippen LogP contribution in [0.3, 0.4) is 0 Å². The summed E-state index contributed by atoms with van der Waals surface area (Å²) in [6.07, 6.45) is 1.53. The van der Waals surface area contributed by atoms with Crippen molar-refractivity contribution in [3.05, 3.63) is 70.8 Å². The molecule has 2 N–H and O–H groups in total. The van der Waals surface area contributed by atoms with Crippen LogP contribution in [0.25, 0.3) is 21.9 Å². The monoisotopic (exact) mass is 362 g/mol. The molecule has 0 saturated heterocycles. The van der Waals surface area contributed by atoms with E-state index in [0.29, 0.717) is 23.3 Å². The minimum atomic E-state index is -0.516. The van der Waals surface area contributed by atoms with Crippen molar-refractivity contribution in [3.8, 4) is 5.75 Å². The Morgan fingerprint density at radius 3 is 2.67 bits per heavy atom. The summed E-state index contributed by atoms with van der Waals surface area (Å²) in [5, 5.41) is 0.815. The molecule has 0 radical (unpaired) electrons. The number of carbonyl (C=O) groups excluding carboxylic acids is 1. The first-order valence-corrected chi connectivity index (χ1v) is 8.46. The highest BCUT2D eigenvalue weighted by Gasteiger charge is 2.17. The van der Waals surface area contributed by atoms with E-state index >= 15 is 0 Å². The molecule has 27 heavy (non-hydrogen) atoms. The number of para-hydroxylation sites is 2. The molecular weight excluding hydrogens is 344 g/mol. The Labute approximate surface area is 154 Å². The van der Waals surface area contributed by atoms with Gasteiger partial charge in [0.25, 0.3) is 5.56 Å². The number of hydrogen-bond acceptors (Lipinski definition) is 4. The molecule has 1 amide bonds. The Hall–Kier alpha value is -3.61. The van der Waals surface area contributed by atoms with Crippen molar-refractivity contribution in [2.24, 2.45) is 5.73 Å². The smallest absolute Gasteiger partial charge is 0.278 e. The van der Waals surface area contributed by atoms with Gasteiger partial charge in [0.15, 0.2) is 0 Å². The number of hydrogen-bond donors (Lipinski definition) is 1. The summed E-state index contributed by atoms with van der Waals surface area (Å²) in [4.78, 5) is 29.3. The van der Waals surface area contributed by atoms with Crippen molar-refractivity contribution in [2.75, 3.05) is 7.11 Å². The number of amides is 1. The SMILES string of the molecule is COc1ccccc1Cn1cnc2c3ccccc3n(CC(N)=O)c2c1=O. The molecule has 136 valence electrons. The molecule has 0 aliphatic heterocycles. The standard InChI is InChI=1S/C20H18N4O3/c1-27-16-9-5-2-6-13(16)10-23-12-22-18-14-7-3-4-8-15(14)24(11-17(21)25)19(18)20(23)26/h2-9,12H,10-11H2,1H3,(H2,21,25). The van der Waals surface area contributed by atoms with Gasteiger partial charge in [0.1, 0.15) is 23.3 Å². The number of carbonyl (C=O) groups is 1. The fraction of sp³-hybridized carbons (Fsp3) is 0.150. The maximum absolute atomic E-state index is 13.2. The van der Waals surface area contributed by atoms with E-state index in [4.69, 9.17) is 10.5 Å². The number of aromatic nitrogens is 3. The van der Waals surface area contributed by atoms with Crippen LogP contribution in [0.1, 0.15) is 5.56 Å². The number of fused-ring (bicyclic) bond motifs is 3. The molecule has 4 aromatic rings. The Kier molecular flexibility index (Phi) is 4.12. The molecule has 0 bridgehead atoms. The molecule has 0 aliphatic carbocycles. The fourth-order valence-corrected chi connectivity index (χ4v) is 3.40. The van der Waals surface area contributed by atoms with Crippen LogP contribution in [0.15, 0.2) is 59.7 Å². The first-order chi connectivity index (χ1) is 13.1. The van der Waals surface area contributed by atoms with Crippen molar-refractivity contribution < 1.29 is 9.53 Å². The van der Waals surface area contributed by atoms with E-state index in [1.165, 1.54) is 10.9 Å². The predicted molar refractivity (Wildman–Crippen MR) is 103 cm³/mol. The van der Waals surface area contributed by atoms with Crippen LogP contribution in [0.4, 0.5) is 0 Å². The van der Waals surface area contributed by atoms with E-state index in [-0.39, 0.29) is 12.1 Å². The van der Waals surface area contributed by atoms with Crippen LogP contribution >= 0.6 is 0 Å². The second kappa shape index (κ2) is 6.60. The van der Waals surface area contributed by atoms with Crippen molar-refractivity contribution in [1.29, 1.82) is 0 Å². The van der Waals surface area contributed by atoms with E-state index < -0.39 is 5.91 Å². The van der Waals surface area contributed by atoms with Crippen molar-refractivity contribution in [3.63, 3.8) is 0 Å². The minimum absolute atomic E-state index is 0.0837. The van der Waals surface area contributed by atoms with Gasteiger partial charge in [-0.1, -0.05) is 36.4 Å². The predicted octanol–water partition coefficient (Wildman–Crippen LogP) is 1.89. The Morgan fingerprint density at radius 2 is 1.89 bits per heavy atom. The van der Waals surface area contributed by atoms with Gasteiger partial charge in [-0.3, -0.25) is 14.2 Å². The number of ether oxygens (including phenoxy) is 1. The molecule has 2 aromatic carbocycles. The lowest BCUT2D eigenvalue weighted by molar-refractivity contribution is -0.118. The fourth-order valence-electron chi connectivity index (χ4n) is 3.40. The molecule has 2 aromatic heterocycles. The average Bonchev–Trinajstić information content (AvgIpc) is 2.98. The van der Waals surface area contributed by atoms with E-state index in [0.717, 1.165) is 16.5 Å². The third-order valence-corrected chi connectivity index (χ3v) is 4.58. The molecule has 0 aliphatic rings. The zero-order chi connectivity index (χ0) is 19.0. The van der Waals surface area contributed by atoms with Crippen molar-refractivity contribution >= 4 is 27.8 Å². The van der Waals surface area contributed by atoms with E-state index in [2.05, 4.69) is 4.98 Å². The lowest BCUT2D eigenvalue weighted by Crippen LogP contribution is -2.25. The zero-order valence-corrected chi connectivity index (χ0v) is 14.8. The number of nitrogens with zero attached hydrogens (tertiary/aromatic N) is 3. The Morgan fingerprint density at radius 1 is 1.15 bits per heavy atom. The molecule has 0 fully saturated rings. The van der Waals surface area contributed by atoms with Gasteiger partial charge in [0, 0.05) is 10.9 Å². The quantitative estimate of drug-likeness (QED) is 0.587. The van der Waals surface area contributed by atoms with Crippen LogP contribution in [0.5, 0.6) is 5.75 Å². The highest BCUT2D eigenvalue weighted by atomic mass is 16.5. The summed E-state index contributed by atoms with van der Waals surface area (Å²) in [6.45, 7) is 0.226. The van der Waals surface area contributed by atoms with E-state index in [1.54, 1.807) is 11.7 Å². The van der Waals surface area contributed by atoms with Gasteiger partial charge in [-0.05, 0) is 12.1 Å². The molecule has 0 unspecified atom stereocenters. The lowest BCUT2D eigenvalue weighted by Gasteiger charge is -2.10. The maximum atomic E-state index is 13.2. The van der Waals surface area contributed by atoms with Crippen LogP contribution in [-0.2, 0) is 17.9 Å². The minimum Gasteiger partial charge on any atom is -0.496 e. The van der Waals surface area contributed by atoms with Gasteiger partial charge in [-0.2, -0.15) is 0 Å². The van der Waals surface area contributed by atoms with Gasteiger partial charge in [0.05, 0.1) is 25.5 Å². The van der Waals surface area contributed by atoms with Gasteiger partial charge in [-0.15, -0.1) is 0 Å². The van der Waals surface area contributed by atoms with Crippen molar-refractivity contribution in [2.45, 2.75) is 13.1 Å². The largest absolute Gasteiger partial charge is 0.496 e. The first kappa shape index (κ1) is 16.8. The average molecular weight is 362 g/mol. The van der Waals surface area contributed by atoms with Crippen molar-refractivity contribution in [1.82, 2.24) is 14.1 Å². The third kappa shape index (κ3) is 2.83. The van der Waals surface area contributed by atoms with Crippen LogP contribution in [0, 0.1) is 0 Å². The topological polar surface area (TPSA) is 92.1 Å². The Bertz CT molecular complexity index is 1220. The van der Waals surface area contributed by atoms with Gasteiger partial charge in [-0.25, -0.2) is 4.98 Å². The molecule has 7 heteroatoms. The normalized spacial score (nSPS) is 11.1. The van der Waals surface area contributed by atoms with E-state index in [1.807, 2.05) is 48.5 Å². The molecule has 2 heterocycles. The molecule has 0 saturated carbocycles. The Balaban J connectivity index is 1.95. The highest BCUT2D eigenvalue weighted by molar-refractivity contribution is 6.05. The van der Waals surface area contributed by atoms with Crippen LogP contribution in [-0.4, -0.2) is 27.1 Å². The molecular formula is C20H18N4O3. The van der Waals surface area contributed by atoms with Gasteiger partial charge >= 0.3 is 0 Å². The van der Waals surface area contributed by atoms with E-state index in [9.17, 15) is 9.59 Å². The summed E-state index contributed by atoms with van der Waals surface area (Å²) in [7, 11) is 1.59. The summed E-state index contributed by atoms with van der Waals surface area (Å²) in [5.41, 5.74) is 7.73. The van der Waals surface area contributed by atoms with Gasteiger partial charge < -0.3 is 15.0 Å². The number of primary amides is 1. The molecule has 7 nitrogen and oxygen atoms in total. The molecule has 4 rings (SSSR count). The third-order valence-electron chi connectivity index (χ3n) is 4.58. The maximum Gasteiger partial charge on any atom is 0.278 e. The summed E-state index contributed by atoms with van der Waals surface area (Å²) >= 11 is 0. The van der Waals surface area contributed by atoms with Crippen LogP contribution < -0.4 is 16.0 Å². The second-order valence-electron chi connectivity index (χ2n) is 6.26. The summed E-state index contributed by atoms with van der Waals surface area (Å²) in [6, 6.07) is 15.0. The molecule has 0 spiro atoms. The number of nitrogens with two attached hydrogens (primary N) is 1. The number of rotatable bonds is 5. The first-order valence-electron chi connectivity index (χ1n) is 8.46. The van der Waals surface area contributed by atoms with Gasteiger partial charge in [0.2, 0.25) is 5.91 Å². The summed E-state index contributed by atoms with van der Waals surface area (Å²) in [5.74, 6) is 0.180. The second-order valence-corrected chi connectivity index (χ2v) is 6.26. The number of methoxy groups -OCH3 is 1. The number of benzene rings is 2. The van der Waals surface area contributed by atoms with Crippen LogP contribution in [0.2, 0.25) is 0 Å². The summed E-state index contributed by atoms with van der Waals surface area (Å²) < 4.78 is 8.52. The lowest BCUT2D eigenvalue weighted by atomic mass is 10.2. The molecule has 0 atom stereocenters. The zero-order valence-electron chi connectivity index (χ0n) is 14.8. The highest BCUT2D eigenvalue weighted by Crippen LogP contribution is 2.25.